The smallest absolute Gasteiger partial charge is 0.252 e. The number of fused-ring (bicyclic) bond motifs is 1. The molecule has 1 fully saturated rings. The predicted octanol–water partition coefficient (Wildman–Crippen LogP) is 6.56. The number of hydrogen-bond acceptors (Lipinski definition) is 6. The maximum absolute atomic E-state index is 14.5. The van der Waals surface area contributed by atoms with E-state index in [0.29, 0.717) is 33.9 Å². The molecule has 2 amide bonds. The van der Waals surface area contributed by atoms with Gasteiger partial charge in [-0.3, -0.25) is 9.59 Å². The first kappa shape index (κ1) is 29.5. The lowest BCUT2D eigenvalue weighted by Gasteiger charge is -2.29. The van der Waals surface area contributed by atoms with Crippen molar-refractivity contribution in [3.63, 3.8) is 0 Å². The molecule has 224 valence electrons. The molecule has 0 N–H and O–H groups in total. The minimum absolute atomic E-state index is 0.0529. The Morgan fingerprint density at radius 1 is 0.864 bits per heavy atom. The Labute approximate surface area is 257 Å². The maximum atomic E-state index is 14.5. The van der Waals surface area contributed by atoms with Crippen LogP contribution in [0.1, 0.15) is 39.8 Å². The number of benzene rings is 4. The average molecular weight is 608 g/mol. The minimum atomic E-state index is -4.20. The Morgan fingerprint density at radius 2 is 1.50 bits per heavy atom. The Kier molecular flexibility index (Phi) is 7.47. The van der Waals surface area contributed by atoms with E-state index in [0.717, 1.165) is 32.7 Å². The van der Waals surface area contributed by atoms with Gasteiger partial charge in [0, 0.05) is 12.1 Å². The summed E-state index contributed by atoms with van der Waals surface area (Å²) in [5.74, 6) is -0.628. The molecular weight excluding hydrogens is 574 g/mol. The summed E-state index contributed by atoms with van der Waals surface area (Å²) < 4.78 is 36.1. The fraction of sp³-hybridized carbons (Fsp3) is 0.229. The zero-order valence-electron chi connectivity index (χ0n) is 25.3. The molecule has 1 saturated heterocycles. The van der Waals surface area contributed by atoms with Crippen molar-refractivity contribution in [2.45, 2.75) is 58.5 Å². The number of hydrogen-bond donors (Lipinski definition) is 0. The van der Waals surface area contributed by atoms with Gasteiger partial charge in [-0.15, -0.1) is 0 Å². The molecule has 2 heterocycles. The van der Waals surface area contributed by atoms with Gasteiger partial charge in [-0.1, -0.05) is 48.0 Å². The number of amides is 2. The quantitative estimate of drug-likeness (QED) is 0.194. The molecule has 5 aromatic rings. The van der Waals surface area contributed by atoms with Crippen LogP contribution in [0, 0.1) is 34.6 Å². The van der Waals surface area contributed by atoms with Gasteiger partial charge in [0.15, 0.2) is 5.58 Å². The molecule has 8 nitrogen and oxygen atoms in total. The van der Waals surface area contributed by atoms with E-state index in [-0.39, 0.29) is 17.9 Å². The van der Waals surface area contributed by atoms with E-state index in [1.807, 2.05) is 75.4 Å². The van der Waals surface area contributed by atoms with Gasteiger partial charge in [0.1, 0.15) is 11.6 Å². The van der Waals surface area contributed by atoms with E-state index in [1.165, 1.54) is 4.31 Å². The van der Waals surface area contributed by atoms with Gasteiger partial charge in [-0.05, 0) is 98.8 Å². The fourth-order valence-electron chi connectivity index (χ4n) is 5.78. The van der Waals surface area contributed by atoms with Crippen molar-refractivity contribution in [1.82, 2.24) is 9.29 Å². The monoisotopic (exact) mass is 607 g/mol. The Morgan fingerprint density at radius 3 is 2.14 bits per heavy atom. The number of carbonyl (C=O) groups is 2. The molecule has 1 aliphatic heterocycles. The molecule has 4 aromatic carbocycles. The summed E-state index contributed by atoms with van der Waals surface area (Å²) in [4.78, 5) is 33.2. The molecular formula is C35H33N3O5S. The molecule has 1 atom stereocenters. The highest BCUT2D eigenvalue weighted by Crippen LogP contribution is 2.35. The van der Waals surface area contributed by atoms with Gasteiger partial charge in [0.2, 0.25) is 21.8 Å². The van der Waals surface area contributed by atoms with Crippen LogP contribution in [0.25, 0.3) is 22.6 Å². The van der Waals surface area contributed by atoms with Crippen LogP contribution in [0.15, 0.2) is 88.2 Å². The third-order valence-corrected chi connectivity index (χ3v) is 10.6. The second kappa shape index (κ2) is 11.2. The van der Waals surface area contributed by atoms with Gasteiger partial charge in [0.25, 0.3) is 5.91 Å². The number of oxazole rings is 1. The maximum Gasteiger partial charge on any atom is 0.252 e. The number of aryl methyl sites for hydroxylation is 3. The fourth-order valence-corrected chi connectivity index (χ4v) is 7.93. The highest BCUT2D eigenvalue weighted by molar-refractivity contribution is 7.89. The molecule has 0 aliphatic carbocycles. The van der Waals surface area contributed by atoms with Gasteiger partial charge < -0.3 is 4.42 Å². The number of carbonyl (C=O) groups excluding carboxylic acids is 2. The Balaban J connectivity index is 1.37. The molecule has 0 saturated carbocycles. The molecule has 44 heavy (non-hydrogen) atoms. The number of para-hydroxylation sites is 2. The van der Waals surface area contributed by atoms with Crippen LogP contribution in [0.4, 0.5) is 5.69 Å². The Hall–Kier alpha value is -4.60. The summed E-state index contributed by atoms with van der Waals surface area (Å²) in [5, 5.41) is 0. The van der Waals surface area contributed by atoms with Crippen molar-refractivity contribution in [2.75, 3.05) is 4.90 Å². The third kappa shape index (κ3) is 5.12. The normalized spacial score (nSPS) is 15.6. The molecule has 6 rings (SSSR count). The van der Waals surface area contributed by atoms with E-state index in [1.54, 1.807) is 38.1 Å². The number of anilines is 1. The highest BCUT2D eigenvalue weighted by atomic mass is 32.2. The topological polar surface area (TPSA) is 101 Å². The van der Waals surface area contributed by atoms with Crippen molar-refractivity contribution in [3.8, 4) is 11.5 Å². The second-order valence-corrected chi connectivity index (χ2v) is 13.3. The lowest BCUT2D eigenvalue weighted by atomic mass is 10.0. The summed E-state index contributed by atoms with van der Waals surface area (Å²) in [6.07, 6.45) is -0.264. The average Bonchev–Trinajstić information content (AvgIpc) is 3.56. The largest absolute Gasteiger partial charge is 0.436 e. The first-order valence-corrected chi connectivity index (χ1v) is 15.9. The zero-order valence-corrected chi connectivity index (χ0v) is 26.1. The van der Waals surface area contributed by atoms with Gasteiger partial charge in [0.05, 0.1) is 17.0 Å². The van der Waals surface area contributed by atoms with Crippen molar-refractivity contribution < 1.29 is 22.4 Å². The summed E-state index contributed by atoms with van der Waals surface area (Å²) >= 11 is 0. The molecule has 9 heteroatoms. The van der Waals surface area contributed by atoms with Gasteiger partial charge in [-0.2, -0.15) is 4.31 Å². The molecule has 0 bridgehead atoms. The molecule has 1 unspecified atom stereocenters. The summed E-state index contributed by atoms with van der Waals surface area (Å²) in [7, 11) is -4.20. The first-order valence-electron chi connectivity index (χ1n) is 14.4. The van der Waals surface area contributed by atoms with E-state index >= 15 is 0 Å². The number of nitrogens with zero attached hydrogens (tertiary/aromatic N) is 3. The molecule has 0 radical (unpaired) electrons. The van der Waals surface area contributed by atoms with E-state index in [2.05, 4.69) is 4.98 Å². The minimum Gasteiger partial charge on any atom is -0.436 e. The summed E-state index contributed by atoms with van der Waals surface area (Å²) in [5.41, 5.74) is 7.12. The van der Waals surface area contributed by atoms with Crippen molar-refractivity contribution in [3.05, 3.63) is 112 Å². The van der Waals surface area contributed by atoms with Crippen LogP contribution in [0.5, 0.6) is 0 Å². The number of sulfonamides is 1. The van der Waals surface area contributed by atoms with Gasteiger partial charge in [-0.25, -0.2) is 18.3 Å². The SMILES string of the molecule is Cc1ccc(CN(C2CC(=O)N(c3ccc(-c4nc5ccccc5o4)cc3)C2=O)S(=O)(=O)c2c(C)c(C)cc(C)c2C)cc1. The van der Waals surface area contributed by atoms with Gasteiger partial charge >= 0.3 is 0 Å². The van der Waals surface area contributed by atoms with Crippen LogP contribution in [0.2, 0.25) is 0 Å². The lowest BCUT2D eigenvalue weighted by molar-refractivity contribution is -0.122. The summed E-state index contributed by atoms with van der Waals surface area (Å²) in [6.45, 7) is 9.22. The molecule has 1 aromatic heterocycles. The molecule has 1 aliphatic rings. The summed E-state index contributed by atoms with van der Waals surface area (Å²) in [6, 6.07) is 22.5. The second-order valence-electron chi connectivity index (χ2n) is 11.4. The Bertz CT molecular complexity index is 1970. The van der Waals surface area contributed by atoms with Crippen LogP contribution in [-0.2, 0) is 26.2 Å². The number of rotatable bonds is 7. The van der Waals surface area contributed by atoms with E-state index in [9.17, 15) is 18.0 Å². The van der Waals surface area contributed by atoms with Crippen molar-refractivity contribution in [2.24, 2.45) is 0 Å². The van der Waals surface area contributed by atoms with Crippen LogP contribution in [0.3, 0.4) is 0 Å². The molecule has 0 spiro atoms. The van der Waals surface area contributed by atoms with Crippen molar-refractivity contribution >= 4 is 38.6 Å². The third-order valence-electron chi connectivity index (χ3n) is 8.46. The predicted molar refractivity (Wildman–Crippen MR) is 170 cm³/mol. The van der Waals surface area contributed by atoms with E-state index < -0.39 is 27.9 Å². The zero-order chi connectivity index (χ0) is 31.3. The van der Waals surface area contributed by atoms with Crippen LogP contribution in [-0.4, -0.2) is 35.6 Å². The first-order chi connectivity index (χ1) is 21.0. The van der Waals surface area contributed by atoms with Crippen LogP contribution >= 0.6 is 0 Å². The van der Waals surface area contributed by atoms with Crippen molar-refractivity contribution in [1.29, 1.82) is 0 Å². The lowest BCUT2D eigenvalue weighted by Crippen LogP contribution is -2.45. The van der Waals surface area contributed by atoms with E-state index in [4.69, 9.17) is 4.42 Å². The standard InChI is InChI=1S/C35H33N3O5S/c1-21-10-12-26(13-11-21)20-37(44(41,42)33-24(4)22(2)18-23(3)25(33)5)30-19-32(39)38(35(30)40)28-16-14-27(15-17-28)34-36-29-8-6-7-9-31(29)43-34/h6-18,30H,19-20H2,1-5H3. The number of aromatic nitrogens is 1. The highest BCUT2D eigenvalue weighted by Gasteiger charge is 2.47. The number of imide groups is 1. The van der Waals surface area contributed by atoms with Crippen LogP contribution < -0.4 is 4.90 Å².